The molecule has 0 saturated heterocycles. The van der Waals surface area contributed by atoms with Crippen molar-refractivity contribution in [2.24, 2.45) is 5.92 Å². The Bertz CT molecular complexity index is 447. The lowest BCUT2D eigenvalue weighted by Gasteiger charge is -2.13. The quantitative estimate of drug-likeness (QED) is 0.865. The zero-order valence-corrected chi connectivity index (χ0v) is 10.4. The van der Waals surface area contributed by atoms with E-state index < -0.39 is 5.97 Å². The number of carboxylic acid groups (broad SMARTS) is 1. The summed E-state index contributed by atoms with van der Waals surface area (Å²) in [6.45, 7) is 2.61. The molecule has 0 radical (unpaired) electrons. The fraction of sp³-hybridized carbons (Fsp3) is 0.500. The lowest BCUT2D eigenvalue weighted by Crippen LogP contribution is -2.26. The van der Waals surface area contributed by atoms with Crippen LogP contribution in [0.1, 0.15) is 42.1 Å². The highest BCUT2D eigenvalue weighted by Gasteiger charge is 2.21. The van der Waals surface area contributed by atoms with Crippen LogP contribution in [0.4, 0.5) is 4.39 Å². The van der Waals surface area contributed by atoms with Crippen molar-refractivity contribution in [2.45, 2.75) is 38.8 Å². The van der Waals surface area contributed by atoms with Gasteiger partial charge in [-0.15, -0.1) is 0 Å². The second kappa shape index (κ2) is 5.48. The normalized spacial score (nSPS) is 23.2. The van der Waals surface area contributed by atoms with Gasteiger partial charge in [-0.05, 0) is 43.4 Å². The van der Waals surface area contributed by atoms with Crippen molar-refractivity contribution in [3.63, 3.8) is 0 Å². The van der Waals surface area contributed by atoms with Crippen LogP contribution in [0.3, 0.4) is 0 Å². The molecule has 1 aromatic carbocycles. The minimum atomic E-state index is -1.02. The van der Waals surface area contributed by atoms with Gasteiger partial charge in [0, 0.05) is 18.2 Å². The first kappa shape index (κ1) is 13.0. The fourth-order valence-electron chi connectivity index (χ4n) is 2.49. The average Bonchev–Trinajstić information content (AvgIpc) is 2.74. The smallest absolute Gasteiger partial charge is 0.335 e. The summed E-state index contributed by atoms with van der Waals surface area (Å²) in [5.74, 6) is -0.651. The van der Waals surface area contributed by atoms with E-state index in [2.05, 4.69) is 12.2 Å². The van der Waals surface area contributed by atoms with E-state index in [-0.39, 0.29) is 11.4 Å². The summed E-state index contributed by atoms with van der Waals surface area (Å²) < 4.78 is 13.6. The number of halogens is 1. The molecule has 0 aromatic heterocycles. The maximum atomic E-state index is 13.6. The molecule has 1 aromatic rings. The molecule has 1 fully saturated rings. The first-order chi connectivity index (χ1) is 8.56. The Hall–Kier alpha value is -1.42. The minimum Gasteiger partial charge on any atom is -0.478 e. The number of hydrogen-bond donors (Lipinski definition) is 2. The number of benzene rings is 1. The summed E-state index contributed by atoms with van der Waals surface area (Å²) in [4.78, 5) is 10.8. The van der Waals surface area contributed by atoms with Crippen molar-refractivity contribution in [1.29, 1.82) is 0 Å². The Morgan fingerprint density at radius 1 is 1.50 bits per heavy atom. The molecule has 0 aliphatic heterocycles. The topological polar surface area (TPSA) is 49.3 Å². The molecule has 1 aliphatic carbocycles. The van der Waals surface area contributed by atoms with Crippen LogP contribution in [0.2, 0.25) is 0 Å². The predicted octanol–water partition coefficient (Wildman–Crippen LogP) is 2.80. The van der Waals surface area contributed by atoms with E-state index in [1.165, 1.54) is 24.6 Å². The van der Waals surface area contributed by atoms with Crippen LogP contribution in [0.5, 0.6) is 0 Å². The zero-order valence-electron chi connectivity index (χ0n) is 10.4. The maximum absolute atomic E-state index is 13.6. The fourth-order valence-corrected chi connectivity index (χ4v) is 2.49. The summed E-state index contributed by atoms with van der Waals surface area (Å²) in [5, 5.41) is 12.2. The predicted molar refractivity (Wildman–Crippen MR) is 67.0 cm³/mol. The maximum Gasteiger partial charge on any atom is 0.335 e. The lowest BCUT2D eigenvalue weighted by atomic mass is 10.1. The van der Waals surface area contributed by atoms with Gasteiger partial charge in [0.05, 0.1) is 5.56 Å². The summed E-state index contributed by atoms with van der Waals surface area (Å²) in [6.07, 6.45) is 3.43. The molecule has 1 saturated carbocycles. The standard InChI is InChI=1S/C14H18FNO2/c1-9-2-4-12(6-9)16-8-11-7-10(14(17)18)3-5-13(11)15/h3,5,7,9,12,16H,2,4,6,8H2,1H3,(H,17,18). The van der Waals surface area contributed by atoms with Gasteiger partial charge in [0.1, 0.15) is 5.82 Å². The average molecular weight is 251 g/mol. The number of carboxylic acids is 1. The first-order valence-electron chi connectivity index (χ1n) is 6.31. The molecule has 2 rings (SSSR count). The highest BCUT2D eigenvalue weighted by atomic mass is 19.1. The number of hydrogen-bond acceptors (Lipinski definition) is 2. The van der Waals surface area contributed by atoms with Crippen LogP contribution in [0, 0.1) is 11.7 Å². The van der Waals surface area contributed by atoms with Gasteiger partial charge in [-0.3, -0.25) is 0 Å². The summed E-state index contributed by atoms with van der Waals surface area (Å²) in [6, 6.07) is 4.34. The molecule has 2 atom stereocenters. The van der Waals surface area contributed by atoms with E-state index in [1.54, 1.807) is 0 Å². The van der Waals surface area contributed by atoms with Crippen molar-refractivity contribution in [2.75, 3.05) is 0 Å². The molecular formula is C14H18FNO2. The Kier molecular flexibility index (Phi) is 3.97. The second-order valence-corrected chi connectivity index (χ2v) is 5.11. The van der Waals surface area contributed by atoms with Crippen molar-refractivity contribution in [3.8, 4) is 0 Å². The highest BCUT2D eigenvalue weighted by Crippen LogP contribution is 2.25. The lowest BCUT2D eigenvalue weighted by molar-refractivity contribution is 0.0696. The molecule has 3 nitrogen and oxygen atoms in total. The largest absolute Gasteiger partial charge is 0.478 e. The first-order valence-corrected chi connectivity index (χ1v) is 6.31. The second-order valence-electron chi connectivity index (χ2n) is 5.11. The Morgan fingerprint density at radius 2 is 2.28 bits per heavy atom. The number of aromatic carboxylic acids is 1. The van der Waals surface area contributed by atoms with E-state index >= 15 is 0 Å². The molecule has 18 heavy (non-hydrogen) atoms. The van der Waals surface area contributed by atoms with Gasteiger partial charge in [-0.25, -0.2) is 9.18 Å². The van der Waals surface area contributed by atoms with Gasteiger partial charge in [0.15, 0.2) is 0 Å². The summed E-state index contributed by atoms with van der Waals surface area (Å²) >= 11 is 0. The van der Waals surface area contributed by atoms with Crippen LogP contribution < -0.4 is 5.32 Å². The molecule has 0 spiro atoms. The number of nitrogens with one attached hydrogen (secondary N) is 1. The molecule has 0 heterocycles. The number of rotatable bonds is 4. The number of carbonyl (C=O) groups is 1. The molecule has 98 valence electrons. The minimum absolute atomic E-state index is 0.132. The van der Waals surface area contributed by atoms with E-state index in [1.807, 2.05) is 0 Å². The van der Waals surface area contributed by atoms with Gasteiger partial charge >= 0.3 is 5.97 Å². The van der Waals surface area contributed by atoms with Crippen molar-refractivity contribution >= 4 is 5.97 Å². The van der Waals surface area contributed by atoms with Gasteiger partial charge in [-0.2, -0.15) is 0 Å². The molecular weight excluding hydrogens is 233 g/mol. The molecule has 0 amide bonds. The Morgan fingerprint density at radius 3 is 2.89 bits per heavy atom. The van der Waals surface area contributed by atoms with E-state index in [9.17, 15) is 9.18 Å². The van der Waals surface area contributed by atoms with E-state index in [4.69, 9.17) is 5.11 Å². The van der Waals surface area contributed by atoms with Gasteiger partial charge in [0.25, 0.3) is 0 Å². The SMILES string of the molecule is CC1CCC(NCc2cc(C(=O)O)ccc2F)C1. The van der Waals surface area contributed by atoms with Crippen LogP contribution in [0.15, 0.2) is 18.2 Å². The third-order valence-electron chi connectivity index (χ3n) is 3.57. The monoisotopic (exact) mass is 251 g/mol. The van der Waals surface area contributed by atoms with E-state index in [0.29, 0.717) is 18.2 Å². The van der Waals surface area contributed by atoms with Crippen LogP contribution >= 0.6 is 0 Å². The molecule has 0 bridgehead atoms. The molecule has 2 N–H and O–H groups in total. The third-order valence-corrected chi connectivity index (χ3v) is 3.57. The Labute approximate surface area is 106 Å². The van der Waals surface area contributed by atoms with Gasteiger partial charge in [0.2, 0.25) is 0 Å². The van der Waals surface area contributed by atoms with E-state index in [0.717, 1.165) is 18.8 Å². The zero-order chi connectivity index (χ0) is 13.1. The highest BCUT2D eigenvalue weighted by molar-refractivity contribution is 5.87. The van der Waals surface area contributed by atoms with Gasteiger partial charge < -0.3 is 10.4 Å². The molecule has 2 unspecified atom stereocenters. The van der Waals surface area contributed by atoms with Crippen molar-refractivity contribution in [1.82, 2.24) is 5.32 Å². The molecule has 1 aliphatic rings. The van der Waals surface area contributed by atoms with Crippen molar-refractivity contribution < 1.29 is 14.3 Å². The molecule has 4 heteroatoms. The van der Waals surface area contributed by atoms with Crippen LogP contribution in [-0.2, 0) is 6.54 Å². The Balaban J connectivity index is 2.00. The van der Waals surface area contributed by atoms with Crippen LogP contribution in [-0.4, -0.2) is 17.1 Å². The summed E-state index contributed by atoms with van der Waals surface area (Å²) in [7, 11) is 0. The van der Waals surface area contributed by atoms with Gasteiger partial charge in [-0.1, -0.05) is 6.92 Å². The third kappa shape index (κ3) is 3.07. The van der Waals surface area contributed by atoms with Crippen LogP contribution in [0.25, 0.3) is 0 Å². The summed E-state index contributed by atoms with van der Waals surface area (Å²) in [5.41, 5.74) is 0.558. The van der Waals surface area contributed by atoms with Crippen molar-refractivity contribution in [3.05, 3.63) is 35.1 Å².